The second-order valence-electron chi connectivity index (χ2n) is 4.95. The van der Waals surface area contributed by atoms with E-state index in [1.165, 1.54) is 12.0 Å². The van der Waals surface area contributed by atoms with Gasteiger partial charge in [0.25, 0.3) is 0 Å². The standard InChI is InChI=1S/C14H20ClNO/c1-16-10-14(9-3-2-4-13(14)17)11-5-7-12(15)8-6-11/h5-8,13,16-17H,2-4,9-10H2,1H3/t13-,14+/m0/s1. The van der Waals surface area contributed by atoms with Gasteiger partial charge in [-0.1, -0.05) is 36.6 Å². The summed E-state index contributed by atoms with van der Waals surface area (Å²) in [6.45, 7) is 0.815. The minimum absolute atomic E-state index is 0.141. The quantitative estimate of drug-likeness (QED) is 0.868. The highest BCUT2D eigenvalue weighted by Gasteiger charge is 2.40. The van der Waals surface area contributed by atoms with E-state index < -0.39 is 0 Å². The predicted octanol–water partition coefficient (Wildman–Crippen LogP) is 2.73. The predicted molar refractivity (Wildman–Crippen MR) is 71.5 cm³/mol. The zero-order valence-electron chi connectivity index (χ0n) is 10.2. The SMILES string of the molecule is CNC[C@@]1(c2ccc(Cl)cc2)CCCC[C@@H]1O. The van der Waals surface area contributed by atoms with Gasteiger partial charge in [-0.05, 0) is 37.6 Å². The molecule has 0 bridgehead atoms. The van der Waals surface area contributed by atoms with Crippen molar-refractivity contribution in [3.63, 3.8) is 0 Å². The van der Waals surface area contributed by atoms with Crippen molar-refractivity contribution >= 4 is 11.6 Å². The fourth-order valence-electron chi connectivity index (χ4n) is 2.96. The van der Waals surface area contributed by atoms with Crippen molar-refractivity contribution in [3.8, 4) is 0 Å². The highest BCUT2D eigenvalue weighted by atomic mass is 35.5. The fourth-order valence-corrected chi connectivity index (χ4v) is 3.09. The second-order valence-corrected chi connectivity index (χ2v) is 5.39. The van der Waals surface area contributed by atoms with Gasteiger partial charge in [-0.2, -0.15) is 0 Å². The van der Waals surface area contributed by atoms with Crippen molar-refractivity contribution in [1.82, 2.24) is 5.32 Å². The molecule has 2 nitrogen and oxygen atoms in total. The number of rotatable bonds is 3. The van der Waals surface area contributed by atoms with Gasteiger partial charge >= 0.3 is 0 Å². The van der Waals surface area contributed by atoms with E-state index in [-0.39, 0.29) is 11.5 Å². The number of aliphatic hydroxyl groups excluding tert-OH is 1. The van der Waals surface area contributed by atoms with Gasteiger partial charge in [0.15, 0.2) is 0 Å². The summed E-state index contributed by atoms with van der Waals surface area (Å²) in [6, 6.07) is 7.92. The average Bonchev–Trinajstić information content (AvgIpc) is 2.33. The number of benzene rings is 1. The molecule has 2 rings (SSSR count). The van der Waals surface area contributed by atoms with Crippen molar-refractivity contribution in [2.75, 3.05) is 13.6 Å². The Hall–Kier alpha value is -0.570. The topological polar surface area (TPSA) is 32.3 Å². The molecule has 94 valence electrons. The molecule has 2 N–H and O–H groups in total. The third kappa shape index (κ3) is 2.49. The molecule has 1 aromatic rings. The van der Waals surface area contributed by atoms with Crippen molar-refractivity contribution < 1.29 is 5.11 Å². The molecule has 0 unspecified atom stereocenters. The summed E-state index contributed by atoms with van der Waals surface area (Å²) in [4.78, 5) is 0. The number of aliphatic hydroxyl groups is 1. The highest BCUT2D eigenvalue weighted by molar-refractivity contribution is 6.30. The van der Waals surface area contributed by atoms with Crippen molar-refractivity contribution in [3.05, 3.63) is 34.9 Å². The van der Waals surface area contributed by atoms with Crippen LogP contribution in [0, 0.1) is 0 Å². The van der Waals surface area contributed by atoms with Crippen LogP contribution in [0.5, 0.6) is 0 Å². The van der Waals surface area contributed by atoms with E-state index in [1.807, 2.05) is 31.3 Å². The van der Waals surface area contributed by atoms with E-state index >= 15 is 0 Å². The van der Waals surface area contributed by atoms with Gasteiger partial charge < -0.3 is 10.4 Å². The van der Waals surface area contributed by atoms with Crippen LogP contribution in [0.4, 0.5) is 0 Å². The lowest BCUT2D eigenvalue weighted by atomic mass is 9.67. The van der Waals surface area contributed by atoms with E-state index in [9.17, 15) is 5.11 Å². The van der Waals surface area contributed by atoms with Crippen LogP contribution in [-0.2, 0) is 5.41 Å². The Kier molecular flexibility index (Phi) is 4.08. The maximum atomic E-state index is 10.4. The highest BCUT2D eigenvalue weighted by Crippen LogP contribution is 2.39. The summed E-state index contributed by atoms with van der Waals surface area (Å²) >= 11 is 5.93. The van der Waals surface area contributed by atoms with Crippen LogP contribution in [0.2, 0.25) is 5.02 Å². The molecule has 1 aromatic carbocycles. The first-order valence-electron chi connectivity index (χ1n) is 6.28. The van der Waals surface area contributed by atoms with E-state index in [0.29, 0.717) is 0 Å². The number of nitrogens with one attached hydrogen (secondary N) is 1. The minimum Gasteiger partial charge on any atom is -0.392 e. The molecule has 1 aliphatic rings. The van der Waals surface area contributed by atoms with E-state index in [0.717, 1.165) is 30.8 Å². The first kappa shape index (κ1) is 12.9. The third-order valence-electron chi connectivity index (χ3n) is 3.90. The number of likely N-dealkylation sites (N-methyl/N-ethyl adjacent to an activating group) is 1. The first-order valence-corrected chi connectivity index (χ1v) is 6.65. The van der Waals surface area contributed by atoms with E-state index in [4.69, 9.17) is 11.6 Å². The van der Waals surface area contributed by atoms with Crippen LogP contribution in [0.25, 0.3) is 0 Å². The molecule has 3 heteroatoms. The first-order chi connectivity index (χ1) is 8.19. The molecule has 17 heavy (non-hydrogen) atoms. The Bertz CT molecular complexity index is 361. The zero-order chi connectivity index (χ0) is 12.3. The monoisotopic (exact) mass is 253 g/mol. The molecular weight excluding hydrogens is 234 g/mol. The van der Waals surface area contributed by atoms with Gasteiger partial charge in [-0.25, -0.2) is 0 Å². The molecule has 0 spiro atoms. The minimum atomic E-state index is -0.259. The maximum Gasteiger partial charge on any atom is 0.0649 e. The lowest BCUT2D eigenvalue weighted by molar-refractivity contribution is 0.0424. The Morgan fingerprint density at radius 2 is 2.06 bits per heavy atom. The van der Waals surface area contributed by atoms with Gasteiger partial charge in [0.1, 0.15) is 0 Å². The summed E-state index contributed by atoms with van der Waals surface area (Å²) in [5.74, 6) is 0. The molecule has 0 heterocycles. The van der Waals surface area contributed by atoms with Gasteiger partial charge in [0, 0.05) is 17.0 Å². The summed E-state index contributed by atoms with van der Waals surface area (Å²) in [5, 5.41) is 14.4. The number of hydrogen-bond donors (Lipinski definition) is 2. The summed E-state index contributed by atoms with van der Waals surface area (Å²) in [7, 11) is 1.94. The Labute approximate surface area is 108 Å². The largest absolute Gasteiger partial charge is 0.392 e. The number of hydrogen-bond acceptors (Lipinski definition) is 2. The smallest absolute Gasteiger partial charge is 0.0649 e. The fraction of sp³-hybridized carbons (Fsp3) is 0.571. The Balaban J connectivity index is 2.35. The molecule has 1 fully saturated rings. The normalized spacial score (nSPS) is 29.2. The zero-order valence-corrected chi connectivity index (χ0v) is 11.0. The third-order valence-corrected chi connectivity index (χ3v) is 4.15. The van der Waals surface area contributed by atoms with E-state index in [1.54, 1.807) is 0 Å². The van der Waals surface area contributed by atoms with Crippen LogP contribution in [0.15, 0.2) is 24.3 Å². The summed E-state index contributed by atoms with van der Waals surface area (Å²) in [5.41, 5.74) is 1.06. The molecule has 0 radical (unpaired) electrons. The van der Waals surface area contributed by atoms with Gasteiger partial charge in [0.05, 0.1) is 6.10 Å². The van der Waals surface area contributed by atoms with Gasteiger partial charge in [0.2, 0.25) is 0 Å². The molecular formula is C14H20ClNO. The second kappa shape index (κ2) is 5.38. The Morgan fingerprint density at radius 3 is 2.65 bits per heavy atom. The van der Waals surface area contributed by atoms with Crippen molar-refractivity contribution in [2.24, 2.45) is 0 Å². The lowest BCUT2D eigenvalue weighted by Crippen LogP contribution is -2.48. The van der Waals surface area contributed by atoms with Crippen molar-refractivity contribution in [2.45, 2.75) is 37.2 Å². The van der Waals surface area contributed by atoms with Crippen LogP contribution in [0.3, 0.4) is 0 Å². The number of halogens is 1. The molecule has 0 amide bonds. The molecule has 0 aliphatic heterocycles. The van der Waals surface area contributed by atoms with Crippen LogP contribution in [-0.4, -0.2) is 24.8 Å². The molecule has 0 saturated heterocycles. The molecule has 1 aliphatic carbocycles. The average molecular weight is 254 g/mol. The molecule has 0 aromatic heterocycles. The van der Waals surface area contributed by atoms with Gasteiger partial charge in [-0.15, -0.1) is 0 Å². The van der Waals surface area contributed by atoms with Crippen LogP contribution < -0.4 is 5.32 Å². The Morgan fingerprint density at radius 1 is 1.35 bits per heavy atom. The maximum absolute atomic E-state index is 10.4. The van der Waals surface area contributed by atoms with E-state index in [2.05, 4.69) is 5.32 Å². The van der Waals surface area contributed by atoms with Crippen LogP contribution >= 0.6 is 11.6 Å². The van der Waals surface area contributed by atoms with Crippen LogP contribution in [0.1, 0.15) is 31.2 Å². The van der Waals surface area contributed by atoms with Gasteiger partial charge in [-0.3, -0.25) is 0 Å². The molecule has 2 atom stereocenters. The summed E-state index contributed by atoms with van der Waals surface area (Å²) < 4.78 is 0. The van der Waals surface area contributed by atoms with Crippen molar-refractivity contribution in [1.29, 1.82) is 0 Å². The lowest BCUT2D eigenvalue weighted by Gasteiger charge is -2.42. The summed E-state index contributed by atoms with van der Waals surface area (Å²) in [6.07, 6.45) is 3.98. The molecule has 1 saturated carbocycles.